The topological polar surface area (TPSA) is 69.0 Å². The fraction of sp³-hybridized carbons (Fsp3) is 0.208. The molecule has 0 saturated heterocycles. The highest BCUT2D eigenvalue weighted by molar-refractivity contribution is 7.99. The Balaban J connectivity index is 1.39. The normalized spacial score (nSPS) is 10.8. The predicted molar refractivity (Wildman–Crippen MR) is 129 cm³/mol. The Labute approximate surface area is 195 Å². The molecule has 0 aliphatic carbocycles. The molecule has 0 fully saturated rings. The number of hydrogen-bond acceptors (Lipinski definition) is 6. The molecule has 2 aromatic heterocycles. The zero-order chi connectivity index (χ0) is 22.2. The van der Waals surface area contributed by atoms with Gasteiger partial charge in [0.25, 0.3) is 0 Å². The lowest BCUT2D eigenvalue weighted by Gasteiger charge is -2.10. The summed E-state index contributed by atoms with van der Waals surface area (Å²) in [6, 6.07) is 22.0. The number of thiophene rings is 1. The molecule has 0 saturated carbocycles. The third kappa shape index (κ3) is 5.57. The Bertz CT molecular complexity index is 1140. The summed E-state index contributed by atoms with van der Waals surface area (Å²) in [6.07, 6.45) is 1.41. The summed E-state index contributed by atoms with van der Waals surface area (Å²) >= 11 is 3.09. The zero-order valence-corrected chi connectivity index (χ0v) is 19.4. The Morgan fingerprint density at radius 3 is 2.66 bits per heavy atom. The average molecular weight is 465 g/mol. The second-order valence-electron chi connectivity index (χ2n) is 7.03. The number of benzene rings is 2. The van der Waals surface area contributed by atoms with E-state index < -0.39 is 0 Å². The Morgan fingerprint density at radius 1 is 1.06 bits per heavy atom. The van der Waals surface area contributed by atoms with Crippen LogP contribution in [0, 0.1) is 0 Å². The van der Waals surface area contributed by atoms with Gasteiger partial charge in [0, 0.05) is 23.5 Å². The zero-order valence-electron chi connectivity index (χ0n) is 17.7. The van der Waals surface area contributed by atoms with Crippen molar-refractivity contribution in [3.05, 3.63) is 88.4 Å². The van der Waals surface area contributed by atoms with E-state index in [2.05, 4.69) is 27.0 Å². The maximum Gasteiger partial charge on any atom is 0.230 e. The predicted octanol–water partition coefficient (Wildman–Crippen LogP) is 4.38. The molecular weight excluding hydrogens is 440 g/mol. The molecule has 0 aliphatic rings. The Kier molecular flexibility index (Phi) is 7.58. The highest BCUT2D eigenvalue weighted by Crippen LogP contribution is 2.24. The van der Waals surface area contributed by atoms with Gasteiger partial charge in [0.2, 0.25) is 5.91 Å². The minimum atomic E-state index is -0.0349. The van der Waals surface area contributed by atoms with E-state index in [-0.39, 0.29) is 11.7 Å². The lowest BCUT2D eigenvalue weighted by atomic mass is 10.1. The minimum absolute atomic E-state index is 0.0349. The molecule has 0 spiro atoms. The first kappa shape index (κ1) is 22.1. The minimum Gasteiger partial charge on any atom is -0.496 e. The standard InChI is InChI=1S/C24H24N4O2S2/c1-30-21-12-6-5-8-18(21)13-14-25-23(29)17-32-24-27-26-22(16-20-11-7-15-31-20)28(24)19-9-3-2-4-10-19/h2-12,15H,13-14,16-17H2,1H3,(H,25,29). The van der Waals surface area contributed by atoms with Crippen LogP contribution in [0.3, 0.4) is 0 Å². The molecule has 0 aliphatic heterocycles. The number of hydrogen-bond donors (Lipinski definition) is 1. The summed E-state index contributed by atoms with van der Waals surface area (Å²) in [5, 5.41) is 14.6. The van der Waals surface area contributed by atoms with Crippen molar-refractivity contribution in [3.8, 4) is 11.4 Å². The lowest BCUT2D eigenvalue weighted by Crippen LogP contribution is -2.27. The van der Waals surface area contributed by atoms with Crippen LogP contribution in [0.2, 0.25) is 0 Å². The van der Waals surface area contributed by atoms with E-state index in [9.17, 15) is 4.79 Å². The number of methoxy groups -OCH3 is 1. The molecule has 4 rings (SSSR count). The first-order valence-electron chi connectivity index (χ1n) is 10.3. The molecule has 1 N–H and O–H groups in total. The monoisotopic (exact) mass is 464 g/mol. The van der Waals surface area contributed by atoms with Crippen LogP contribution in [0.5, 0.6) is 5.75 Å². The van der Waals surface area contributed by atoms with Crippen LogP contribution in [-0.4, -0.2) is 40.1 Å². The highest BCUT2D eigenvalue weighted by atomic mass is 32.2. The van der Waals surface area contributed by atoms with Gasteiger partial charge < -0.3 is 10.1 Å². The van der Waals surface area contributed by atoms with E-state index in [1.165, 1.54) is 16.6 Å². The molecular formula is C24H24N4O2S2. The highest BCUT2D eigenvalue weighted by Gasteiger charge is 2.16. The van der Waals surface area contributed by atoms with Crippen molar-refractivity contribution < 1.29 is 9.53 Å². The van der Waals surface area contributed by atoms with Crippen LogP contribution in [0.4, 0.5) is 0 Å². The molecule has 0 atom stereocenters. The number of nitrogens with zero attached hydrogens (tertiary/aromatic N) is 3. The molecule has 0 unspecified atom stereocenters. The van der Waals surface area contributed by atoms with Gasteiger partial charge in [-0.2, -0.15) is 0 Å². The number of thioether (sulfide) groups is 1. The van der Waals surface area contributed by atoms with E-state index in [1.807, 2.05) is 65.2 Å². The van der Waals surface area contributed by atoms with Crippen molar-refractivity contribution in [1.82, 2.24) is 20.1 Å². The summed E-state index contributed by atoms with van der Waals surface area (Å²) in [5.74, 6) is 1.94. The molecule has 0 bridgehead atoms. The van der Waals surface area contributed by atoms with Crippen LogP contribution in [-0.2, 0) is 17.6 Å². The third-order valence-corrected chi connectivity index (χ3v) is 6.67. The Hall–Kier alpha value is -3.10. The number of aromatic nitrogens is 3. The number of amides is 1. The van der Waals surface area contributed by atoms with Crippen LogP contribution in [0.25, 0.3) is 5.69 Å². The molecule has 6 nitrogen and oxygen atoms in total. The van der Waals surface area contributed by atoms with Crippen molar-refractivity contribution in [2.24, 2.45) is 0 Å². The molecule has 2 heterocycles. The van der Waals surface area contributed by atoms with E-state index in [1.54, 1.807) is 18.4 Å². The number of carbonyl (C=O) groups is 1. The molecule has 8 heteroatoms. The van der Waals surface area contributed by atoms with Gasteiger partial charge in [0.1, 0.15) is 11.6 Å². The maximum atomic E-state index is 12.5. The molecule has 1 amide bonds. The van der Waals surface area contributed by atoms with Crippen molar-refractivity contribution in [2.45, 2.75) is 18.0 Å². The van der Waals surface area contributed by atoms with Gasteiger partial charge in [-0.25, -0.2) is 0 Å². The van der Waals surface area contributed by atoms with Crippen molar-refractivity contribution >= 4 is 29.0 Å². The first-order valence-corrected chi connectivity index (χ1v) is 12.1. The Morgan fingerprint density at radius 2 is 1.88 bits per heavy atom. The number of para-hydroxylation sites is 2. The van der Waals surface area contributed by atoms with Crippen LogP contribution >= 0.6 is 23.1 Å². The van der Waals surface area contributed by atoms with Crippen molar-refractivity contribution in [3.63, 3.8) is 0 Å². The second kappa shape index (κ2) is 11.0. The van der Waals surface area contributed by atoms with E-state index in [0.717, 1.165) is 22.8 Å². The number of ether oxygens (including phenoxy) is 1. The average Bonchev–Trinajstić information content (AvgIpc) is 3.49. The van der Waals surface area contributed by atoms with Gasteiger partial charge in [-0.05, 0) is 41.6 Å². The maximum absolute atomic E-state index is 12.5. The smallest absolute Gasteiger partial charge is 0.230 e. The quantitative estimate of drug-likeness (QED) is 0.353. The number of carbonyl (C=O) groups excluding carboxylic acids is 1. The fourth-order valence-electron chi connectivity index (χ4n) is 3.34. The summed E-state index contributed by atoms with van der Waals surface area (Å²) in [6.45, 7) is 0.550. The van der Waals surface area contributed by atoms with Gasteiger partial charge in [-0.1, -0.05) is 54.2 Å². The lowest BCUT2D eigenvalue weighted by molar-refractivity contribution is -0.118. The van der Waals surface area contributed by atoms with E-state index >= 15 is 0 Å². The largest absolute Gasteiger partial charge is 0.496 e. The van der Waals surface area contributed by atoms with Gasteiger partial charge in [-0.15, -0.1) is 21.5 Å². The number of rotatable bonds is 10. The fourth-order valence-corrected chi connectivity index (χ4v) is 4.84. The van der Waals surface area contributed by atoms with Gasteiger partial charge >= 0.3 is 0 Å². The first-order chi connectivity index (χ1) is 15.7. The summed E-state index contributed by atoms with van der Waals surface area (Å²) in [5.41, 5.74) is 2.06. The molecule has 0 radical (unpaired) electrons. The molecule has 4 aromatic rings. The van der Waals surface area contributed by atoms with E-state index in [0.29, 0.717) is 24.5 Å². The third-order valence-electron chi connectivity index (χ3n) is 4.87. The SMILES string of the molecule is COc1ccccc1CCNC(=O)CSc1nnc(Cc2cccs2)n1-c1ccccc1. The molecule has 32 heavy (non-hydrogen) atoms. The summed E-state index contributed by atoms with van der Waals surface area (Å²) < 4.78 is 7.40. The number of nitrogens with one attached hydrogen (secondary N) is 1. The van der Waals surface area contributed by atoms with Gasteiger partial charge in [-0.3, -0.25) is 9.36 Å². The van der Waals surface area contributed by atoms with Crippen molar-refractivity contribution in [2.75, 3.05) is 19.4 Å². The van der Waals surface area contributed by atoms with E-state index in [4.69, 9.17) is 4.74 Å². The van der Waals surface area contributed by atoms with Crippen LogP contribution < -0.4 is 10.1 Å². The van der Waals surface area contributed by atoms with Gasteiger partial charge in [0.15, 0.2) is 5.16 Å². The van der Waals surface area contributed by atoms with Crippen LogP contribution in [0.1, 0.15) is 16.3 Å². The van der Waals surface area contributed by atoms with Gasteiger partial charge in [0.05, 0.1) is 12.9 Å². The van der Waals surface area contributed by atoms with Crippen molar-refractivity contribution in [1.29, 1.82) is 0 Å². The summed E-state index contributed by atoms with van der Waals surface area (Å²) in [7, 11) is 1.66. The molecule has 164 valence electrons. The molecule has 2 aromatic carbocycles. The second-order valence-corrected chi connectivity index (χ2v) is 9.00. The summed E-state index contributed by atoms with van der Waals surface area (Å²) in [4.78, 5) is 13.7. The van der Waals surface area contributed by atoms with Crippen LogP contribution in [0.15, 0.2) is 77.3 Å².